The maximum absolute atomic E-state index is 14.0. The Hall–Kier alpha value is -5.00. The van der Waals surface area contributed by atoms with Gasteiger partial charge in [0.05, 0.1) is 28.9 Å². The molecule has 0 radical (unpaired) electrons. The molecule has 0 saturated carbocycles. The molecule has 4 heterocycles. The second-order valence-electron chi connectivity index (χ2n) is 9.96. The molecule has 0 spiro atoms. The maximum Gasteiger partial charge on any atom is 0.362 e. The number of fused-ring (bicyclic) bond motifs is 2. The molecule has 42 heavy (non-hydrogen) atoms. The molecular weight excluding hydrogens is 558 g/mol. The molecule has 1 aromatic carbocycles. The molecule has 1 atom stereocenters. The van der Waals surface area contributed by atoms with Crippen molar-refractivity contribution in [1.82, 2.24) is 34.1 Å². The molecule has 0 aliphatic rings. The van der Waals surface area contributed by atoms with Gasteiger partial charge in [0.2, 0.25) is 10.0 Å². The second kappa shape index (κ2) is 11.1. The number of carbonyl (C=O) groups is 1. The van der Waals surface area contributed by atoms with Crippen molar-refractivity contribution in [3.05, 3.63) is 87.9 Å². The van der Waals surface area contributed by atoms with Crippen LogP contribution in [0.1, 0.15) is 40.1 Å². The van der Waals surface area contributed by atoms with Crippen LogP contribution in [0.25, 0.3) is 16.4 Å². The Bertz CT molecular complexity index is 2060. The summed E-state index contributed by atoms with van der Waals surface area (Å²) in [5.41, 5.74) is 7.76. The van der Waals surface area contributed by atoms with Gasteiger partial charge in [0.25, 0.3) is 11.5 Å². The van der Waals surface area contributed by atoms with Crippen LogP contribution >= 0.6 is 0 Å². The molecule has 0 aliphatic carbocycles. The number of hydrogen-bond donors (Lipinski definition) is 3. The molecule has 4 N–H and O–H groups in total. The summed E-state index contributed by atoms with van der Waals surface area (Å²) in [5.74, 6) is 5.39. The molecule has 0 bridgehead atoms. The van der Waals surface area contributed by atoms with Gasteiger partial charge < -0.3 is 15.6 Å². The fourth-order valence-corrected chi connectivity index (χ4v) is 5.42. The lowest BCUT2D eigenvalue weighted by Crippen LogP contribution is -2.36. The molecule has 1 amide bonds. The topological polar surface area (TPSA) is 165 Å². The number of amides is 1. The summed E-state index contributed by atoms with van der Waals surface area (Å²) in [6, 6.07) is 8.06. The number of nitrogens with two attached hydrogens (primary N) is 1. The van der Waals surface area contributed by atoms with Gasteiger partial charge >= 0.3 is 5.65 Å². The third kappa shape index (κ3) is 5.47. The van der Waals surface area contributed by atoms with Crippen LogP contribution in [0.3, 0.4) is 0 Å². The average Bonchev–Trinajstić information content (AvgIpc) is 3.52. The smallest absolute Gasteiger partial charge is 0.362 e. The Morgan fingerprint density at radius 1 is 1.26 bits per heavy atom. The molecule has 4 aromatic heterocycles. The molecule has 0 aliphatic heterocycles. The number of pyridine rings is 1. The van der Waals surface area contributed by atoms with Crippen LogP contribution in [0.4, 0.5) is 5.82 Å². The Kier molecular flexibility index (Phi) is 7.55. The van der Waals surface area contributed by atoms with Crippen molar-refractivity contribution < 1.29 is 17.7 Å². The van der Waals surface area contributed by atoms with Gasteiger partial charge in [-0.1, -0.05) is 24.0 Å². The largest absolute Gasteiger partial charge is 0.382 e. The average molecular weight is 589 g/mol. The molecule has 1 unspecified atom stereocenters. The predicted molar refractivity (Wildman–Crippen MR) is 157 cm³/mol. The number of benzene rings is 1. The summed E-state index contributed by atoms with van der Waals surface area (Å²) in [5, 5.41) is 10.8. The molecule has 13 nitrogen and oxygen atoms in total. The second-order valence-corrected chi connectivity index (χ2v) is 12.3. The van der Waals surface area contributed by atoms with Crippen molar-refractivity contribution in [2.75, 3.05) is 25.6 Å². The fraction of sp³-hybridized carbons (Fsp3) is 0.250. The van der Waals surface area contributed by atoms with E-state index in [2.05, 4.69) is 32.3 Å². The number of nitrogens with zero attached hydrogens (tertiary/aromatic N) is 6. The van der Waals surface area contributed by atoms with Crippen LogP contribution < -0.4 is 21.1 Å². The van der Waals surface area contributed by atoms with E-state index in [0.717, 1.165) is 4.31 Å². The van der Waals surface area contributed by atoms with Crippen molar-refractivity contribution in [2.45, 2.75) is 19.5 Å². The lowest BCUT2D eigenvalue weighted by Gasteiger charge is -2.21. The van der Waals surface area contributed by atoms with E-state index in [9.17, 15) is 18.0 Å². The summed E-state index contributed by atoms with van der Waals surface area (Å²) in [4.78, 5) is 31.7. The molecule has 14 heteroatoms. The summed E-state index contributed by atoms with van der Waals surface area (Å²) in [6.45, 7) is 1.58. The Morgan fingerprint density at radius 3 is 2.76 bits per heavy atom. The van der Waals surface area contributed by atoms with Gasteiger partial charge in [-0.05, 0) is 29.4 Å². The highest BCUT2D eigenvalue weighted by atomic mass is 32.2. The van der Waals surface area contributed by atoms with E-state index in [0.29, 0.717) is 33.2 Å². The summed E-state index contributed by atoms with van der Waals surface area (Å²) < 4.78 is 31.0. The molecular formula is C28H30N9O4S+. The summed E-state index contributed by atoms with van der Waals surface area (Å²) >= 11 is 0. The highest BCUT2D eigenvalue weighted by Crippen LogP contribution is 2.22. The van der Waals surface area contributed by atoms with E-state index in [-0.39, 0.29) is 23.7 Å². The van der Waals surface area contributed by atoms with Crippen LogP contribution in [0, 0.1) is 11.8 Å². The number of aryl methyl sites for hydroxylation is 1. The number of H-pyrrole nitrogens is 1. The highest BCUT2D eigenvalue weighted by molar-refractivity contribution is 7.89. The fourth-order valence-electron chi connectivity index (χ4n) is 4.65. The molecule has 0 fully saturated rings. The van der Waals surface area contributed by atoms with Gasteiger partial charge in [0.15, 0.2) is 11.4 Å². The van der Waals surface area contributed by atoms with E-state index in [4.69, 9.17) is 5.73 Å². The van der Waals surface area contributed by atoms with Crippen molar-refractivity contribution in [1.29, 1.82) is 0 Å². The van der Waals surface area contributed by atoms with Crippen LogP contribution in [0.15, 0.2) is 59.9 Å². The number of anilines is 1. The quantitative estimate of drug-likeness (QED) is 0.185. The van der Waals surface area contributed by atoms with E-state index >= 15 is 0 Å². The molecule has 0 saturated heterocycles. The van der Waals surface area contributed by atoms with Gasteiger partial charge in [-0.25, -0.2) is 17.8 Å². The van der Waals surface area contributed by atoms with Crippen molar-refractivity contribution in [2.24, 2.45) is 7.05 Å². The van der Waals surface area contributed by atoms with Crippen molar-refractivity contribution in [3.63, 3.8) is 0 Å². The first-order chi connectivity index (χ1) is 20.0. The first-order valence-corrected chi connectivity index (χ1v) is 14.6. The Morgan fingerprint density at radius 2 is 2.05 bits per heavy atom. The third-order valence-corrected chi connectivity index (χ3v) is 8.66. The zero-order chi connectivity index (χ0) is 30.2. The Balaban J connectivity index is 1.60. The van der Waals surface area contributed by atoms with E-state index in [1.165, 1.54) is 23.2 Å². The lowest BCUT2D eigenvalue weighted by atomic mass is 10.0. The van der Waals surface area contributed by atoms with Gasteiger partial charge in [-0.15, -0.1) is 4.52 Å². The molecule has 5 rings (SSSR count). The molecule has 216 valence electrons. The first kappa shape index (κ1) is 28.5. The van der Waals surface area contributed by atoms with Gasteiger partial charge in [0.1, 0.15) is 12.4 Å². The van der Waals surface area contributed by atoms with Crippen LogP contribution in [0.5, 0.6) is 0 Å². The minimum Gasteiger partial charge on any atom is -0.382 e. The van der Waals surface area contributed by atoms with Crippen molar-refractivity contribution in [3.8, 4) is 11.8 Å². The number of sulfonamides is 1. The highest BCUT2D eigenvalue weighted by Gasteiger charge is 2.27. The predicted octanol–water partition coefficient (Wildman–Crippen LogP) is 0.561. The maximum atomic E-state index is 14.0. The van der Waals surface area contributed by atoms with Gasteiger partial charge in [-0.2, -0.15) is 5.10 Å². The number of carbonyl (C=O) groups excluding carboxylic acids is 1. The van der Waals surface area contributed by atoms with E-state index in [1.807, 2.05) is 0 Å². The van der Waals surface area contributed by atoms with Crippen LogP contribution in [0.2, 0.25) is 0 Å². The van der Waals surface area contributed by atoms with Crippen LogP contribution in [-0.4, -0.2) is 62.9 Å². The zero-order valence-electron chi connectivity index (χ0n) is 23.5. The van der Waals surface area contributed by atoms with Crippen LogP contribution in [-0.2, 0) is 23.6 Å². The Labute approximate surface area is 241 Å². The minimum absolute atomic E-state index is 0.128. The number of nitrogens with one attached hydrogen (secondary N) is 2. The lowest BCUT2D eigenvalue weighted by molar-refractivity contribution is -0.577. The number of aromatic amines is 1. The number of aromatic nitrogens is 6. The standard InChI is InChI=1S/C28H29N9O4S/c1-18(32-27(38)24-25(29)33-37-12-6-11-30-26(24)37)22-15-21-8-5-7-20(10-9-19-16-31-35(4)17-19)23(21)28(39)36(22)13-14-42(40,41)34(2)3/h5-8,11-12,15-18H,13-14H2,1-4H3,(H3,29,32,33,38)/p+1. The van der Waals surface area contributed by atoms with E-state index in [1.54, 1.807) is 73.8 Å². The number of rotatable bonds is 7. The van der Waals surface area contributed by atoms with Crippen molar-refractivity contribution >= 4 is 38.2 Å². The first-order valence-electron chi connectivity index (χ1n) is 13.0. The van der Waals surface area contributed by atoms with E-state index < -0.39 is 27.5 Å². The molecule has 5 aromatic rings. The monoisotopic (exact) mass is 588 g/mol. The number of nitrogen functional groups attached to an aromatic ring is 1. The normalized spacial score (nSPS) is 12.4. The number of hydrogen-bond acceptors (Lipinski definition) is 7. The van der Waals surface area contributed by atoms with Gasteiger partial charge in [0, 0.05) is 51.2 Å². The third-order valence-electron chi connectivity index (χ3n) is 6.84. The minimum atomic E-state index is -3.63. The summed E-state index contributed by atoms with van der Waals surface area (Å²) in [6.07, 6.45) is 6.61. The van der Waals surface area contributed by atoms with Gasteiger partial charge in [-0.3, -0.25) is 14.3 Å². The zero-order valence-corrected chi connectivity index (χ0v) is 24.3. The summed E-state index contributed by atoms with van der Waals surface area (Å²) in [7, 11) is 1.02. The SMILES string of the molecule is CC(NC(=O)c1c(N)[nH][n+]2cccnc12)c1cc2cccc(C#Cc3cnn(C)c3)c2c(=O)n1CCS(=O)(=O)N(C)C.